The summed E-state index contributed by atoms with van der Waals surface area (Å²) in [6.07, 6.45) is -1.57. The quantitative estimate of drug-likeness (QED) is 0.167. The second-order valence-corrected chi connectivity index (χ2v) is 14.4. The minimum absolute atomic E-state index is 0.0597. The summed E-state index contributed by atoms with van der Waals surface area (Å²) in [4.78, 5) is 52.0. The Labute approximate surface area is 284 Å². The number of unbranched alkanes of at least 4 members (excludes halogenated alkanes) is 1. The van der Waals surface area contributed by atoms with Crippen LogP contribution in [0.15, 0.2) is 24.3 Å². The van der Waals surface area contributed by atoms with Gasteiger partial charge in [-0.05, 0) is 84.4 Å². The summed E-state index contributed by atoms with van der Waals surface area (Å²) in [7, 11) is 0. The summed E-state index contributed by atoms with van der Waals surface area (Å²) < 4.78 is 22.0. The number of aliphatic hydroxyl groups is 2. The number of nitrogens with one attached hydrogen (secondary N) is 4. The molecule has 0 aromatic heterocycles. The molecule has 3 rings (SSSR count). The lowest BCUT2D eigenvalue weighted by Gasteiger charge is -2.28. The lowest BCUT2D eigenvalue weighted by molar-refractivity contribution is -0.157. The molecule has 2 aliphatic rings. The van der Waals surface area contributed by atoms with Gasteiger partial charge in [-0.15, -0.1) is 0 Å². The maximum atomic E-state index is 13.6. The van der Waals surface area contributed by atoms with E-state index in [0.29, 0.717) is 30.7 Å². The van der Waals surface area contributed by atoms with Crippen molar-refractivity contribution in [2.75, 3.05) is 26.4 Å². The van der Waals surface area contributed by atoms with Crippen molar-refractivity contribution >= 4 is 24.0 Å². The number of alkyl carbamates (subject to hydrolysis) is 1. The number of urea groups is 1. The molecular weight excluding hydrogens is 624 g/mol. The molecule has 2 aliphatic heterocycles. The average molecular weight is 681 g/mol. The third-order valence-electron chi connectivity index (χ3n) is 7.15. The molecule has 5 atom stereocenters. The molecule has 1 aromatic rings. The molecule has 14 nitrogen and oxygen atoms in total. The molecule has 2 heterocycles. The molecule has 1 aromatic carbocycles. The second-order valence-electron chi connectivity index (χ2n) is 14.4. The van der Waals surface area contributed by atoms with E-state index >= 15 is 0 Å². The van der Waals surface area contributed by atoms with Crippen molar-refractivity contribution in [3.05, 3.63) is 29.8 Å². The first-order valence-electron chi connectivity index (χ1n) is 16.6. The minimum atomic E-state index is -1.20. The first kappa shape index (κ1) is 40.6. The van der Waals surface area contributed by atoms with Crippen LogP contribution >= 0.6 is 0 Å². The van der Waals surface area contributed by atoms with Gasteiger partial charge in [-0.25, -0.2) is 14.4 Å². The Morgan fingerprint density at radius 3 is 2.17 bits per heavy atom. The zero-order valence-electron chi connectivity index (χ0n) is 29.6. The van der Waals surface area contributed by atoms with Crippen LogP contribution in [0.4, 0.5) is 9.59 Å². The lowest BCUT2D eigenvalue weighted by atomic mass is 10.0. The van der Waals surface area contributed by atoms with Crippen LogP contribution in [0.2, 0.25) is 0 Å². The van der Waals surface area contributed by atoms with Crippen molar-refractivity contribution in [1.82, 2.24) is 21.3 Å². The first-order chi connectivity index (χ1) is 22.3. The Morgan fingerprint density at radius 1 is 0.938 bits per heavy atom. The topological polar surface area (TPSA) is 194 Å². The average Bonchev–Trinajstić information content (AvgIpc) is 2.96. The zero-order chi connectivity index (χ0) is 36.1. The van der Waals surface area contributed by atoms with E-state index in [-0.39, 0.29) is 38.6 Å². The van der Waals surface area contributed by atoms with E-state index in [1.54, 1.807) is 65.8 Å². The van der Waals surface area contributed by atoms with Gasteiger partial charge in [-0.2, -0.15) is 0 Å². The number of amides is 4. The van der Waals surface area contributed by atoms with Gasteiger partial charge in [0.15, 0.2) is 0 Å². The fraction of sp³-hybridized carbons (Fsp3) is 0.706. The van der Waals surface area contributed by atoms with Crippen molar-refractivity contribution in [3.8, 4) is 5.75 Å². The van der Waals surface area contributed by atoms with Crippen LogP contribution < -0.4 is 26.0 Å². The third kappa shape index (κ3) is 16.0. The zero-order valence-corrected chi connectivity index (χ0v) is 29.6. The molecule has 48 heavy (non-hydrogen) atoms. The molecule has 2 unspecified atom stereocenters. The number of fused-ring (bicyclic) bond motifs is 13. The van der Waals surface area contributed by atoms with E-state index in [1.807, 2.05) is 13.8 Å². The summed E-state index contributed by atoms with van der Waals surface area (Å²) in [5.41, 5.74) is -0.707. The molecule has 6 N–H and O–H groups in total. The fourth-order valence-electron chi connectivity index (χ4n) is 4.53. The Morgan fingerprint density at radius 2 is 1.56 bits per heavy atom. The first-order valence-corrected chi connectivity index (χ1v) is 16.6. The standard InChI is InChI=1S/C34H56N4O10/c1-21(2)26-18-45-19-27(39)28(40)20-46-23-14-12-22(13-15-23)17-25(29(41)36-26)38-31(43)37-24(30(42)47-33(3,4)5)11-9-10-16-35-32(44)48-34(6,7)8/h12-15,21,24-28,39-40H,9-11,16-20H2,1-8H3,(H,35,44)(H,36,41)(H2,37,38,43)/t24-,25+,26+,27?,28?/m0/s1. The predicted octanol–water partition coefficient (Wildman–Crippen LogP) is 2.57. The highest BCUT2D eigenvalue weighted by Crippen LogP contribution is 2.16. The predicted molar refractivity (Wildman–Crippen MR) is 178 cm³/mol. The van der Waals surface area contributed by atoms with Gasteiger partial charge in [0.1, 0.15) is 47.9 Å². The van der Waals surface area contributed by atoms with E-state index in [1.165, 1.54) is 0 Å². The SMILES string of the molecule is CC(C)[C@H]1COCC(O)C(O)COc2ccc(cc2)C[C@@H](NC(=O)N[C@@H](CCCCNC(=O)OC(C)(C)C)C(=O)OC(C)(C)C)C(=O)N1. The number of hydrogen-bond acceptors (Lipinski definition) is 10. The number of ether oxygens (including phenoxy) is 4. The number of benzene rings is 1. The van der Waals surface area contributed by atoms with Gasteiger partial charge in [0.25, 0.3) is 0 Å². The van der Waals surface area contributed by atoms with Crippen molar-refractivity contribution < 1.29 is 48.3 Å². The fourth-order valence-corrected chi connectivity index (χ4v) is 4.53. The molecule has 0 radical (unpaired) electrons. The highest BCUT2D eigenvalue weighted by atomic mass is 16.6. The molecule has 0 saturated heterocycles. The van der Waals surface area contributed by atoms with Crippen LogP contribution in [0, 0.1) is 5.92 Å². The van der Waals surface area contributed by atoms with Gasteiger partial charge in [0.05, 0.1) is 19.3 Å². The highest BCUT2D eigenvalue weighted by molar-refractivity contribution is 5.89. The Hall–Kier alpha value is -3.62. The van der Waals surface area contributed by atoms with Crippen molar-refractivity contribution in [1.29, 1.82) is 0 Å². The van der Waals surface area contributed by atoms with Crippen LogP contribution in [0.25, 0.3) is 0 Å². The number of rotatable bonds is 9. The van der Waals surface area contributed by atoms with Crippen LogP contribution in [0.3, 0.4) is 0 Å². The highest BCUT2D eigenvalue weighted by Gasteiger charge is 2.30. The van der Waals surface area contributed by atoms with Gasteiger partial charge in [0.2, 0.25) is 5.91 Å². The van der Waals surface area contributed by atoms with Gasteiger partial charge < -0.3 is 50.4 Å². The molecule has 0 saturated carbocycles. The van der Waals surface area contributed by atoms with E-state index in [4.69, 9.17) is 18.9 Å². The molecule has 0 fully saturated rings. The van der Waals surface area contributed by atoms with E-state index in [0.717, 1.165) is 0 Å². The number of aliphatic hydroxyl groups excluding tert-OH is 2. The normalized spacial score (nSPS) is 21.8. The van der Waals surface area contributed by atoms with Gasteiger partial charge in [-0.1, -0.05) is 26.0 Å². The van der Waals surface area contributed by atoms with Crippen molar-refractivity contribution in [2.24, 2.45) is 5.92 Å². The van der Waals surface area contributed by atoms with Crippen LogP contribution in [-0.4, -0.2) is 102 Å². The molecule has 14 heteroatoms. The monoisotopic (exact) mass is 680 g/mol. The number of hydrogen-bond donors (Lipinski definition) is 6. The lowest BCUT2D eigenvalue weighted by Crippen LogP contribution is -2.56. The van der Waals surface area contributed by atoms with Gasteiger partial charge in [-0.3, -0.25) is 4.79 Å². The van der Waals surface area contributed by atoms with E-state index < -0.39 is 65.5 Å². The number of carbonyl (C=O) groups excluding carboxylic acids is 4. The van der Waals surface area contributed by atoms with Crippen LogP contribution in [0.5, 0.6) is 5.75 Å². The van der Waals surface area contributed by atoms with Crippen molar-refractivity contribution in [3.63, 3.8) is 0 Å². The summed E-state index contributed by atoms with van der Waals surface area (Å²) in [6.45, 7) is 14.3. The number of carbonyl (C=O) groups is 4. The molecule has 0 spiro atoms. The van der Waals surface area contributed by atoms with Crippen molar-refractivity contribution in [2.45, 2.75) is 123 Å². The molecular formula is C34H56N4O10. The number of esters is 1. The minimum Gasteiger partial charge on any atom is -0.491 e. The van der Waals surface area contributed by atoms with Crippen LogP contribution in [0.1, 0.15) is 80.2 Å². The van der Waals surface area contributed by atoms with E-state index in [9.17, 15) is 29.4 Å². The Bertz CT molecular complexity index is 1180. The summed E-state index contributed by atoms with van der Waals surface area (Å²) in [6, 6.07) is 3.55. The summed E-state index contributed by atoms with van der Waals surface area (Å²) >= 11 is 0. The largest absolute Gasteiger partial charge is 0.491 e. The Kier molecular flexibility index (Phi) is 15.9. The molecule has 0 aliphatic carbocycles. The molecule has 272 valence electrons. The smallest absolute Gasteiger partial charge is 0.407 e. The van der Waals surface area contributed by atoms with E-state index in [2.05, 4.69) is 21.3 Å². The van der Waals surface area contributed by atoms with Gasteiger partial charge >= 0.3 is 18.1 Å². The molecule has 2 bridgehead atoms. The summed E-state index contributed by atoms with van der Waals surface area (Å²) in [5, 5.41) is 31.5. The Balaban J connectivity index is 2.18. The van der Waals surface area contributed by atoms with Crippen LogP contribution in [-0.2, 0) is 30.2 Å². The summed E-state index contributed by atoms with van der Waals surface area (Å²) in [5.74, 6) is -0.706. The van der Waals surface area contributed by atoms with Gasteiger partial charge in [0, 0.05) is 13.0 Å². The maximum Gasteiger partial charge on any atom is 0.407 e. The second kappa shape index (κ2) is 18.8. The third-order valence-corrected chi connectivity index (χ3v) is 7.15. The maximum absolute atomic E-state index is 13.6. The molecule has 4 amide bonds.